The van der Waals surface area contributed by atoms with Gasteiger partial charge < -0.3 is 9.63 Å². The highest BCUT2D eigenvalue weighted by Gasteiger charge is 2.10. The molecule has 0 unspecified atom stereocenters. The molecule has 1 heterocycles. The first-order chi connectivity index (χ1) is 8.65. The summed E-state index contributed by atoms with van der Waals surface area (Å²) in [4.78, 5) is 10.6. The van der Waals surface area contributed by atoms with E-state index < -0.39 is 5.97 Å². The number of carbonyl (C=O) groups is 1. The van der Waals surface area contributed by atoms with E-state index in [1.807, 2.05) is 24.3 Å². The Kier molecular flexibility index (Phi) is 3.99. The highest BCUT2D eigenvalue weighted by Crippen LogP contribution is 2.13. The number of nitrogens with zero attached hydrogens (tertiary/aromatic N) is 1. The van der Waals surface area contributed by atoms with Crippen LogP contribution in [0.25, 0.3) is 0 Å². The molecule has 0 amide bonds. The van der Waals surface area contributed by atoms with Crippen LogP contribution in [0.3, 0.4) is 0 Å². The van der Waals surface area contributed by atoms with Crippen LogP contribution in [-0.2, 0) is 12.8 Å². The van der Waals surface area contributed by atoms with Crippen molar-refractivity contribution in [1.82, 2.24) is 5.16 Å². The molecule has 0 radical (unpaired) electrons. The second-order valence-electron chi connectivity index (χ2n) is 3.96. The molecule has 1 aromatic carbocycles. The molecule has 2 rings (SSSR count). The molecule has 0 spiro atoms. The third-order valence-electron chi connectivity index (χ3n) is 2.58. The molecule has 5 heteroatoms. The lowest BCUT2D eigenvalue weighted by Crippen LogP contribution is -1.94. The summed E-state index contributed by atoms with van der Waals surface area (Å²) in [6, 6.07) is 9.13. The molecule has 18 heavy (non-hydrogen) atoms. The molecule has 1 aromatic heterocycles. The summed E-state index contributed by atoms with van der Waals surface area (Å²) in [6.45, 7) is 0. The van der Waals surface area contributed by atoms with E-state index in [-0.39, 0.29) is 5.69 Å². The first kappa shape index (κ1) is 12.6. The fourth-order valence-corrected chi connectivity index (χ4v) is 1.78. The molecule has 0 aliphatic rings. The average Bonchev–Trinajstić information content (AvgIpc) is 2.81. The molecule has 94 valence electrons. The summed E-state index contributed by atoms with van der Waals surface area (Å²) in [7, 11) is 0. The number of benzene rings is 1. The Bertz CT molecular complexity index is 533. The van der Waals surface area contributed by atoms with Gasteiger partial charge in [-0.3, -0.25) is 0 Å². The number of aromatic carboxylic acids is 1. The number of aromatic nitrogens is 1. The average molecular weight is 266 g/mol. The smallest absolute Gasteiger partial charge is 0.358 e. The predicted octanol–water partition coefficient (Wildman–Crippen LogP) is 3.20. The molecular formula is C13H12ClNO3. The maximum atomic E-state index is 10.6. The van der Waals surface area contributed by atoms with Gasteiger partial charge in [0, 0.05) is 17.5 Å². The van der Waals surface area contributed by atoms with E-state index in [2.05, 4.69) is 5.16 Å². The van der Waals surface area contributed by atoms with E-state index >= 15 is 0 Å². The minimum atomic E-state index is -1.07. The van der Waals surface area contributed by atoms with Crippen molar-refractivity contribution in [3.63, 3.8) is 0 Å². The number of rotatable bonds is 5. The highest BCUT2D eigenvalue weighted by atomic mass is 35.5. The third kappa shape index (κ3) is 3.34. The number of aryl methyl sites for hydroxylation is 2. The zero-order valence-electron chi connectivity index (χ0n) is 9.60. The highest BCUT2D eigenvalue weighted by molar-refractivity contribution is 6.30. The SMILES string of the molecule is O=C(O)c1cc(CCCc2ccc(Cl)cc2)on1. The standard InChI is InChI=1S/C13H12ClNO3/c14-10-6-4-9(5-7-10)2-1-3-11-8-12(13(16)17)15-18-11/h4-8H,1-3H2,(H,16,17). The Hall–Kier alpha value is -1.81. The van der Waals surface area contributed by atoms with Gasteiger partial charge >= 0.3 is 5.97 Å². The van der Waals surface area contributed by atoms with Crippen molar-refractivity contribution in [3.8, 4) is 0 Å². The lowest BCUT2D eigenvalue weighted by Gasteiger charge is -1.99. The Labute approximate surface area is 109 Å². The van der Waals surface area contributed by atoms with Gasteiger partial charge in [-0.15, -0.1) is 0 Å². The Morgan fingerprint density at radius 3 is 2.61 bits per heavy atom. The Morgan fingerprint density at radius 1 is 1.28 bits per heavy atom. The number of carboxylic acids is 1. The van der Waals surface area contributed by atoms with Crippen LogP contribution in [0.5, 0.6) is 0 Å². The summed E-state index contributed by atoms with van der Waals surface area (Å²) >= 11 is 5.80. The number of carboxylic acid groups (broad SMARTS) is 1. The van der Waals surface area contributed by atoms with Gasteiger partial charge in [-0.05, 0) is 30.5 Å². The lowest BCUT2D eigenvalue weighted by atomic mass is 10.1. The molecule has 2 aromatic rings. The molecule has 0 aliphatic heterocycles. The predicted molar refractivity (Wildman–Crippen MR) is 66.9 cm³/mol. The van der Waals surface area contributed by atoms with E-state index in [1.54, 1.807) is 0 Å². The summed E-state index contributed by atoms with van der Waals surface area (Å²) in [5.74, 6) is -0.468. The van der Waals surface area contributed by atoms with E-state index in [1.165, 1.54) is 11.6 Å². The number of hydrogen-bond acceptors (Lipinski definition) is 3. The molecule has 0 aliphatic carbocycles. The fourth-order valence-electron chi connectivity index (χ4n) is 1.65. The van der Waals surface area contributed by atoms with Crippen LogP contribution in [0.1, 0.15) is 28.2 Å². The van der Waals surface area contributed by atoms with Gasteiger partial charge in [-0.1, -0.05) is 28.9 Å². The zero-order valence-corrected chi connectivity index (χ0v) is 10.4. The normalized spacial score (nSPS) is 10.5. The molecule has 0 saturated heterocycles. The van der Waals surface area contributed by atoms with Crippen molar-refractivity contribution in [2.45, 2.75) is 19.3 Å². The maximum absolute atomic E-state index is 10.6. The second kappa shape index (κ2) is 5.69. The van der Waals surface area contributed by atoms with Crippen molar-refractivity contribution < 1.29 is 14.4 Å². The van der Waals surface area contributed by atoms with Crippen LogP contribution in [0.15, 0.2) is 34.9 Å². The van der Waals surface area contributed by atoms with Gasteiger partial charge in [0.25, 0.3) is 0 Å². The van der Waals surface area contributed by atoms with Gasteiger partial charge in [0.2, 0.25) is 0 Å². The minimum absolute atomic E-state index is 0.0449. The maximum Gasteiger partial charge on any atom is 0.358 e. The van der Waals surface area contributed by atoms with Gasteiger partial charge in [-0.25, -0.2) is 4.79 Å². The molecule has 0 saturated carbocycles. The van der Waals surface area contributed by atoms with Gasteiger partial charge in [-0.2, -0.15) is 0 Å². The van der Waals surface area contributed by atoms with Crippen LogP contribution in [0.4, 0.5) is 0 Å². The van der Waals surface area contributed by atoms with Gasteiger partial charge in [0.15, 0.2) is 5.69 Å². The topological polar surface area (TPSA) is 63.3 Å². The summed E-state index contributed by atoms with van der Waals surface area (Å²) in [5.41, 5.74) is 1.15. The Morgan fingerprint density at radius 2 is 2.00 bits per heavy atom. The van der Waals surface area contributed by atoms with E-state index in [0.29, 0.717) is 12.2 Å². The molecule has 1 N–H and O–H groups in total. The van der Waals surface area contributed by atoms with Crippen LogP contribution in [0.2, 0.25) is 5.02 Å². The largest absolute Gasteiger partial charge is 0.476 e. The number of halogens is 1. The third-order valence-corrected chi connectivity index (χ3v) is 2.83. The van der Waals surface area contributed by atoms with Gasteiger partial charge in [0.05, 0.1) is 0 Å². The summed E-state index contributed by atoms with van der Waals surface area (Å²) in [5, 5.41) is 12.9. The molecule has 0 atom stereocenters. The zero-order chi connectivity index (χ0) is 13.0. The van der Waals surface area contributed by atoms with Crippen molar-refractivity contribution in [1.29, 1.82) is 0 Å². The molecular weight excluding hydrogens is 254 g/mol. The molecule has 0 fully saturated rings. The minimum Gasteiger partial charge on any atom is -0.476 e. The van der Waals surface area contributed by atoms with Crippen molar-refractivity contribution in [2.24, 2.45) is 0 Å². The van der Waals surface area contributed by atoms with Crippen molar-refractivity contribution in [2.75, 3.05) is 0 Å². The van der Waals surface area contributed by atoms with Crippen molar-refractivity contribution >= 4 is 17.6 Å². The Balaban J connectivity index is 1.84. The van der Waals surface area contributed by atoms with Gasteiger partial charge in [0.1, 0.15) is 5.76 Å². The summed E-state index contributed by atoms with van der Waals surface area (Å²) in [6.07, 6.45) is 2.43. The quantitative estimate of drug-likeness (QED) is 0.902. The van der Waals surface area contributed by atoms with E-state index in [9.17, 15) is 4.79 Å². The lowest BCUT2D eigenvalue weighted by molar-refractivity contribution is 0.0685. The van der Waals surface area contributed by atoms with Crippen LogP contribution >= 0.6 is 11.6 Å². The monoisotopic (exact) mass is 265 g/mol. The van der Waals surface area contributed by atoms with Crippen molar-refractivity contribution in [3.05, 3.63) is 52.4 Å². The molecule has 0 bridgehead atoms. The first-order valence-corrected chi connectivity index (χ1v) is 5.96. The van der Waals surface area contributed by atoms with E-state index in [4.69, 9.17) is 21.2 Å². The van der Waals surface area contributed by atoms with Crippen LogP contribution in [-0.4, -0.2) is 16.2 Å². The summed E-state index contributed by atoms with van der Waals surface area (Å²) < 4.78 is 4.93. The second-order valence-corrected chi connectivity index (χ2v) is 4.40. The first-order valence-electron chi connectivity index (χ1n) is 5.58. The van der Waals surface area contributed by atoms with Crippen LogP contribution < -0.4 is 0 Å². The fraction of sp³-hybridized carbons (Fsp3) is 0.231. The molecule has 4 nitrogen and oxygen atoms in total. The van der Waals surface area contributed by atoms with E-state index in [0.717, 1.165) is 17.9 Å². The van der Waals surface area contributed by atoms with Crippen LogP contribution in [0, 0.1) is 0 Å². The number of hydrogen-bond donors (Lipinski definition) is 1.